The monoisotopic (exact) mass is 337 g/mol. The number of hydrogen-bond acceptors (Lipinski definition) is 1. The zero-order valence-electron chi connectivity index (χ0n) is 11.1. The summed E-state index contributed by atoms with van der Waals surface area (Å²) in [4.78, 5) is 0. The summed E-state index contributed by atoms with van der Waals surface area (Å²) < 4.78 is 1.08. The molecule has 0 aliphatic heterocycles. The molecule has 0 amide bonds. The highest BCUT2D eigenvalue weighted by molar-refractivity contribution is 9.10. The largest absolute Gasteiger partial charge is 0.378 e. The Hall–Kier alpha value is -0.990. The quantitative estimate of drug-likeness (QED) is 0.723. The van der Waals surface area contributed by atoms with Crippen LogP contribution < -0.4 is 5.32 Å². The SMILES string of the molecule is CCC(Nc1cc(Br)ccc1C)c1cccc(Cl)c1. The van der Waals surface area contributed by atoms with Gasteiger partial charge in [0, 0.05) is 15.2 Å². The maximum absolute atomic E-state index is 6.07. The van der Waals surface area contributed by atoms with Crippen molar-refractivity contribution >= 4 is 33.2 Å². The molecule has 0 radical (unpaired) electrons. The summed E-state index contributed by atoms with van der Waals surface area (Å²) >= 11 is 9.58. The van der Waals surface area contributed by atoms with Crippen LogP contribution in [0.3, 0.4) is 0 Å². The van der Waals surface area contributed by atoms with Crippen LogP contribution in [0.5, 0.6) is 0 Å². The van der Waals surface area contributed by atoms with Crippen LogP contribution in [-0.4, -0.2) is 0 Å². The first kappa shape index (κ1) is 14.4. The van der Waals surface area contributed by atoms with Gasteiger partial charge in [-0.2, -0.15) is 0 Å². The van der Waals surface area contributed by atoms with Crippen LogP contribution in [0.25, 0.3) is 0 Å². The molecule has 0 heterocycles. The predicted molar refractivity (Wildman–Crippen MR) is 87.0 cm³/mol. The predicted octanol–water partition coefficient (Wildman–Crippen LogP) is 5.97. The van der Waals surface area contributed by atoms with E-state index in [-0.39, 0.29) is 6.04 Å². The second-order valence-corrected chi connectivity index (χ2v) is 5.97. The maximum atomic E-state index is 6.07. The molecule has 1 nitrogen and oxygen atoms in total. The lowest BCUT2D eigenvalue weighted by molar-refractivity contribution is 0.748. The molecule has 2 rings (SSSR count). The molecule has 3 heteroatoms. The fourth-order valence-electron chi connectivity index (χ4n) is 2.08. The Kier molecular flexibility index (Phi) is 4.89. The smallest absolute Gasteiger partial charge is 0.0511 e. The molecule has 1 unspecified atom stereocenters. The molecule has 0 fully saturated rings. The molecule has 0 spiro atoms. The zero-order chi connectivity index (χ0) is 13.8. The third kappa shape index (κ3) is 3.74. The van der Waals surface area contributed by atoms with Gasteiger partial charge in [-0.05, 0) is 48.7 Å². The van der Waals surface area contributed by atoms with E-state index in [0.29, 0.717) is 0 Å². The first-order valence-corrected chi connectivity index (χ1v) is 7.55. The number of nitrogens with one attached hydrogen (secondary N) is 1. The van der Waals surface area contributed by atoms with Crippen LogP contribution in [0.2, 0.25) is 5.02 Å². The molecule has 0 bridgehead atoms. The molecule has 2 aromatic rings. The molecular weight excluding hydrogens is 322 g/mol. The van der Waals surface area contributed by atoms with Gasteiger partial charge in [0.1, 0.15) is 0 Å². The fourth-order valence-corrected chi connectivity index (χ4v) is 2.64. The van der Waals surface area contributed by atoms with Gasteiger partial charge in [-0.1, -0.05) is 52.7 Å². The topological polar surface area (TPSA) is 12.0 Å². The Labute approximate surface area is 128 Å². The van der Waals surface area contributed by atoms with E-state index in [1.807, 2.05) is 18.2 Å². The summed E-state index contributed by atoms with van der Waals surface area (Å²) in [7, 11) is 0. The number of aryl methyl sites for hydroxylation is 1. The van der Waals surface area contributed by atoms with Gasteiger partial charge < -0.3 is 5.32 Å². The minimum absolute atomic E-state index is 0.270. The molecular formula is C16H17BrClN. The van der Waals surface area contributed by atoms with E-state index in [9.17, 15) is 0 Å². The van der Waals surface area contributed by atoms with Gasteiger partial charge in [0.15, 0.2) is 0 Å². The number of halogens is 2. The van der Waals surface area contributed by atoms with Crippen molar-refractivity contribution in [3.8, 4) is 0 Å². The van der Waals surface area contributed by atoms with Crippen LogP contribution in [0.15, 0.2) is 46.9 Å². The van der Waals surface area contributed by atoms with E-state index < -0.39 is 0 Å². The van der Waals surface area contributed by atoms with Crippen molar-refractivity contribution in [2.24, 2.45) is 0 Å². The van der Waals surface area contributed by atoms with E-state index >= 15 is 0 Å². The molecule has 2 aromatic carbocycles. The van der Waals surface area contributed by atoms with Crippen LogP contribution in [0.4, 0.5) is 5.69 Å². The number of hydrogen-bond donors (Lipinski definition) is 1. The standard InChI is InChI=1S/C16H17BrClN/c1-3-15(12-5-4-6-14(18)9-12)19-16-10-13(17)8-7-11(16)2/h4-10,15,19H,3H2,1-2H3. The highest BCUT2D eigenvalue weighted by Gasteiger charge is 2.11. The molecule has 0 aromatic heterocycles. The minimum atomic E-state index is 0.270. The van der Waals surface area contributed by atoms with Gasteiger partial charge in [-0.25, -0.2) is 0 Å². The van der Waals surface area contributed by atoms with Crippen molar-refractivity contribution in [1.29, 1.82) is 0 Å². The molecule has 0 saturated carbocycles. The minimum Gasteiger partial charge on any atom is -0.378 e. The Morgan fingerprint density at radius 1 is 1.21 bits per heavy atom. The van der Waals surface area contributed by atoms with Gasteiger partial charge >= 0.3 is 0 Å². The summed E-state index contributed by atoms with van der Waals surface area (Å²) in [5.41, 5.74) is 3.61. The van der Waals surface area contributed by atoms with Crippen LogP contribution in [0, 0.1) is 6.92 Å². The van der Waals surface area contributed by atoms with Crippen molar-refractivity contribution in [1.82, 2.24) is 0 Å². The molecule has 100 valence electrons. The van der Waals surface area contributed by atoms with Crippen molar-refractivity contribution < 1.29 is 0 Å². The van der Waals surface area contributed by atoms with E-state index in [4.69, 9.17) is 11.6 Å². The van der Waals surface area contributed by atoms with E-state index in [2.05, 4.69) is 59.4 Å². The van der Waals surface area contributed by atoms with E-state index in [1.165, 1.54) is 11.1 Å². The molecule has 1 N–H and O–H groups in total. The Morgan fingerprint density at radius 3 is 2.68 bits per heavy atom. The summed E-state index contributed by atoms with van der Waals surface area (Å²) in [6.07, 6.45) is 1.01. The van der Waals surface area contributed by atoms with Gasteiger partial charge in [0.05, 0.1) is 6.04 Å². The van der Waals surface area contributed by atoms with E-state index in [0.717, 1.165) is 21.6 Å². The van der Waals surface area contributed by atoms with Gasteiger partial charge in [0.25, 0.3) is 0 Å². The lowest BCUT2D eigenvalue weighted by atomic mass is 10.0. The zero-order valence-corrected chi connectivity index (χ0v) is 13.4. The first-order valence-electron chi connectivity index (χ1n) is 6.38. The van der Waals surface area contributed by atoms with Crippen molar-refractivity contribution in [3.05, 3.63) is 63.1 Å². The third-order valence-corrected chi connectivity index (χ3v) is 3.92. The average Bonchev–Trinajstić information content (AvgIpc) is 2.39. The van der Waals surface area contributed by atoms with Gasteiger partial charge in [0.2, 0.25) is 0 Å². The molecule has 0 aliphatic carbocycles. The number of anilines is 1. The number of benzene rings is 2. The summed E-state index contributed by atoms with van der Waals surface area (Å²) in [6.45, 7) is 4.28. The maximum Gasteiger partial charge on any atom is 0.0511 e. The van der Waals surface area contributed by atoms with Gasteiger partial charge in [-0.3, -0.25) is 0 Å². The van der Waals surface area contributed by atoms with Crippen molar-refractivity contribution in [2.45, 2.75) is 26.3 Å². The highest BCUT2D eigenvalue weighted by atomic mass is 79.9. The normalized spacial score (nSPS) is 12.2. The fraction of sp³-hybridized carbons (Fsp3) is 0.250. The average molecular weight is 339 g/mol. The Bertz CT molecular complexity index is 568. The first-order chi connectivity index (χ1) is 9.10. The highest BCUT2D eigenvalue weighted by Crippen LogP contribution is 2.28. The molecule has 0 saturated heterocycles. The summed E-state index contributed by atoms with van der Waals surface area (Å²) in [5, 5.41) is 4.37. The van der Waals surface area contributed by atoms with Crippen LogP contribution in [-0.2, 0) is 0 Å². The molecule has 0 aliphatic rings. The van der Waals surface area contributed by atoms with Crippen molar-refractivity contribution in [2.75, 3.05) is 5.32 Å². The van der Waals surface area contributed by atoms with Crippen LogP contribution >= 0.6 is 27.5 Å². The Morgan fingerprint density at radius 2 is 2.00 bits per heavy atom. The van der Waals surface area contributed by atoms with Crippen LogP contribution in [0.1, 0.15) is 30.5 Å². The third-order valence-electron chi connectivity index (χ3n) is 3.19. The molecule has 1 atom stereocenters. The Balaban J connectivity index is 2.26. The lowest BCUT2D eigenvalue weighted by Crippen LogP contribution is -2.10. The lowest BCUT2D eigenvalue weighted by Gasteiger charge is -2.20. The molecule has 19 heavy (non-hydrogen) atoms. The second kappa shape index (κ2) is 6.44. The summed E-state index contributed by atoms with van der Waals surface area (Å²) in [5.74, 6) is 0. The van der Waals surface area contributed by atoms with Crippen molar-refractivity contribution in [3.63, 3.8) is 0 Å². The number of rotatable bonds is 4. The van der Waals surface area contributed by atoms with Gasteiger partial charge in [-0.15, -0.1) is 0 Å². The second-order valence-electron chi connectivity index (χ2n) is 4.62. The van der Waals surface area contributed by atoms with E-state index in [1.54, 1.807) is 0 Å². The summed E-state index contributed by atoms with van der Waals surface area (Å²) in [6, 6.07) is 14.6.